The lowest BCUT2D eigenvalue weighted by molar-refractivity contribution is -0.0395. The molecule has 31 heavy (non-hydrogen) atoms. The van der Waals surface area contributed by atoms with Crippen molar-refractivity contribution in [3.05, 3.63) is 59.7 Å². The number of hydrogen-bond donors (Lipinski definition) is 0. The molecule has 0 saturated carbocycles. The Morgan fingerprint density at radius 3 is 1.94 bits per heavy atom. The third kappa shape index (κ3) is 5.31. The summed E-state index contributed by atoms with van der Waals surface area (Å²) >= 11 is 9.96. The highest BCUT2D eigenvalue weighted by molar-refractivity contribution is 9.10. The summed E-state index contributed by atoms with van der Waals surface area (Å²) in [6.07, 6.45) is -2.16. The average molecular weight is 514 g/mol. The Labute approximate surface area is 193 Å². The maximum Gasteiger partial charge on any atom is 0.338 e. The minimum absolute atomic E-state index is 0.143. The highest BCUT2D eigenvalue weighted by Crippen LogP contribution is 2.44. The van der Waals surface area contributed by atoms with Crippen molar-refractivity contribution in [2.75, 3.05) is 20.8 Å². The van der Waals surface area contributed by atoms with E-state index in [1.165, 1.54) is 14.2 Å². The molecule has 1 saturated heterocycles. The summed E-state index contributed by atoms with van der Waals surface area (Å²) in [5, 5.41) is 0. The molecule has 166 valence electrons. The average Bonchev–Trinajstić information content (AvgIpc) is 3.00. The molecule has 3 rings (SSSR count). The molecule has 7 nitrogen and oxygen atoms in total. The standard InChI is InChI=1S/C22H22BrClO7/c1-13-22(23,24)19(31-21(26)15-6-10-17(28-3)11-7-15)18(30-13)12-29-20(25)14-4-8-16(27-2)9-5-14/h4-11,13,18-19H,12H2,1-3H3/t13?,18-,19-,22+/m1/s1. The number of carbonyl (C=O) groups is 2. The van der Waals surface area contributed by atoms with Crippen LogP contribution in [-0.2, 0) is 14.2 Å². The van der Waals surface area contributed by atoms with Gasteiger partial charge in [0.1, 0.15) is 24.2 Å². The van der Waals surface area contributed by atoms with Crippen LogP contribution < -0.4 is 9.47 Å². The fraction of sp³-hybridized carbons (Fsp3) is 0.364. The highest BCUT2D eigenvalue weighted by atomic mass is 79.9. The molecular weight excluding hydrogens is 492 g/mol. The molecule has 0 spiro atoms. The van der Waals surface area contributed by atoms with Crippen molar-refractivity contribution in [2.24, 2.45) is 0 Å². The monoisotopic (exact) mass is 512 g/mol. The van der Waals surface area contributed by atoms with Crippen LogP contribution in [0.3, 0.4) is 0 Å². The number of alkyl halides is 2. The summed E-state index contributed by atoms with van der Waals surface area (Å²) in [5.74, 6) is 0.119. The van der Waals surface area contributed by atoms with Crippen molar-refractivity contribution in [2.45, 2.75) is 29.0 Å². The molecule has 0 aliphatic carbocycles. The van der Waals surface area contributed by atoms with Crippen molar-refractivity contribution in [3.63, 3.8) is 0 Å². The largest absolute Gasteiger partial charge is 0.497 e. The zero-order valence-corrected chi connectivity index (χ0v) is 19.5. The predicted octanol–water partition coefficient (Wildman–Crippen LogP) is 4.20. The number of esters is 2. The molecular formula is C22H22BrClO7. The molecule has 0 bridgehead atoms. The van der Waals surface area contributed by atoms with E-state index in [1.54, 1.807) is 55.5 Å². The number of halogens is 2. The Morgan fingerprint density at radius 1 is 0.968 bits per heavy atom. The van der Waals surface area contributed by atoms with Crippen LogP contribution in [0.2, 0.25) is 0 Å². The Hall–Kier alpha value is -2.29. The number of hydrogen-bond acceptors (Lipinski definition) is 7. The van der Waals surface area contributed by atoms with Crippen LogP contribution in [0.4, 0.5) is 0 Å². The fourth-order valence-corrected chi connectivity index (χ4v) is 3.80. The lowest BCUT2D eigenvalue weighted by Crippen LogP contribution is -2.42. The second kappa shape index (κ2) is 9.89. The van der Waals surface area contributed by atoms with Crippen molar-refractivity contribution >= 4 is 39.5 Å². The first kappa shape index (κ1) is 23.4. The van der Waals surface area contributed by atoms with E-state index >= 15 is 0 Å². The molecule has 2 aromatic carbocycles. The number of methoxy groups -OCH3 is 2. The summed E-state index contributed by atoms with van der Waals surface area (Å²) in [4.78, 5) is 25.0. The lowest BCUT2D eigenvalue weighted by Gasteiger charge is -2.26. The van der Waals surface area contributed by atoms with Gasteiger partial charge in [-0.3, -0.25) is 0 Å². The number of benzene rings is 2. The normalized spacial score (nSPS) is 25.0. The van der Waals surface area contributed by atoms with Gasteiger partial charge >= 0.3 is 11.9 Å². The third-order valence-corrected chi connectivity index (χ3v) is 6.52. The van der Waals surface area contributed by atoms with Gasteiger partial charge < -0.3 is 23.7 Å². The Morgan fingerprint density at radius 2 is 1.45 bits per heavy atom. The minimum atomic E-state index is -1.17. The Balaban J connectivity index is 1.67. The quantitative estimate of drug-likeness (QED) is 0.405. The minimum Gasteiger partial charge on any atom is -0.497 e. The molecule has 2 aromatic rings. The number of carbonyl (C=O) groups excluding carboxylic acids is 2. The van der Waals surface area contributed by atoms with Crippen molar-refractivity contribution in [3.8, 4) is 11.5 Å². The van der Waals surface area contributed by atoms with Crippen LogP contribution in [0, 0.1) is 0 Å². The van der Waals surface area contributed by atoms with Crippen LogP contribution in [-0.4, -0.2) is 54.9 Å². The van der Waals surface area contributed by atoms with E-state index < -0.39 is 34.0 Å². The van der Waals surface area contributed by atoms with Crippen LogP contribution in [0.15, 0.2) is 48.5 Å². The van der Waals surface area contributed by atoms with Crippen LogP contribution in [0.5, 0.6) is 11.5 Å². The summed E-state index contributed by atoms with van der Waals surface area (Å²) in [6, 6.07) is 13.0. The summed E-state index contributed by atoms with van der Waals surface area (Å²) in [7, 11) is 3.08. The van der Waals surface area contributed by atoms with E-state index in [1.807, 2.05) is 0 Å². The zero-order valence-electron chi connectivity index (χ0n) is 17.2. The first-order valence-corrected chi connectivity index (χ1v) is 10.6. The van der Waals surface area contributed by atoms with Crippen LogP contribution in [0.25, 0.3) is 0 Å². The van der Waals surface area contributed by atoms with Gasteiger partial charge in [-0.05, 0) is 55.5 Å². The molecule has 0 amide bonds. The van der Waals surface area contributed by atoms with E-state index in [9.17, 15) is 9.59 Å². The van der Waals surface area contributed by atoms with E-state index in [-0.39, 0.29) is 6.61 Å². The fourth-order valence-electron chi connectivity index (χ4n) is 3.06. The maximum atomic E-state index is 12.6. The van der Waals surface area contributed by atoms with Crippen LogP contribution >= 0.6 is 27.5 Å². The summed E-state index contributed by atoms with van der Waals surface area (Å²) in [6.45, 7) is 1.59. The molecule has 1 aliphatic heterocycles. The van der Waals surface area contributed by atoms with Gasteiger partial charge in [0.2, 0.25) is 0 Å². The molecule has 9 heteroatoms. The SMILES string of the molecule is COc1ccc(C(=O)OC[C@H]2OC(C)[C@@](Cl)(Br)[C@@H]2OC(=O)c2ccc(OC)cc2)cc1. The predicted molar refractivity (Wildman–Crippen MR) is 117 cm³/mol. The first-order chi connectivity index (χ1) is 14.8. The van der Waals surface area contributed by atoms with Gasteiger partial charge in [0.15, 0.2) is 9.89 Å². The Bertz CT molecular complexity index is 914. The smallest absolute Gasteiger partial charge is 0.338 e. The topological polar surface area (TPSA) is 80.3 Å². The number of ether oxygens (including phenoxy) is 5. The molecule has 4 atom stereocenters. The van der Waals surface area contributed by atoms with Gasteiger partial charge in [0.25, 0.3) is 0 Å². The summed E-state index contributed by atoms with van der Waals surface area (Å²) < 4.78 is 25.8. The molecule has 1 fully saturated rings. The molecule has 0 aromatic heterocycles. The van der Waals surface area contributed by atoms with E-state index in [2.05, 4.69) is 15.9 Å². The van der Waals surface area contributed by atoms with Gasteiger partial charge in [-0.2, -0.15) is 0 Å². The molecule has 0 N–H and O–H groups in total. The molecule has 1 heterocycles. The summed E-state index contributed by atoms with van der Waals surface area (Å²) in [5.41, 5.74) is 0.684. The second-order valence-corrected chi connectivity index (χ2v) is 9.27. The van der Waals surface area contributed by atoms with Crippen LogP contribution in [0.1, 0.15) is 27.6 Å². The Kier molecular flexibility index (Phi) is 7.46. The van der Waals surface area contributed by atoms with Crippen molar-refractivity contribution < 1.29 is 33.3 Å². The van der Waals surface area contributed by atoms with E-state index in [0.29, 0.717) is 22.6 Å². The lowest BCUT2D eigenvalue weighted by atomic mass is 10.1. The van der Waals surface area contributed by atoms with Gasteiger partial charge in [0.05, 0.1) is 31.5 Å². The maximum absolute atomic E-state index is 12.6. The highest BCUT2D eigenvalue weighted by Gasteiger charge is 2.55. The molecule has 1 aliphatic rings. The number of rotatable bonds is 7. The molecule has 1 unspecified atom stereocenters. The van der Waals surface area contributed by atoms with Gasteiger partial charge in [0, 0.05) is 0 Å². The third-order valence-electron chi connectivity index (χ3n) is 4.90. The van der Waals surface area contributed by atoms with Gasteiger partial charge in [-0.25, -0.2) is 9.59 Å². The van der Waals surface area contributed by atoms with Crippen molar-refractivity contribution in [1.82, 2.24) is 0 Å². The molecule has 0 radical (unpaired) electrons. The van der Waals surface area contributed by atoms with E-state index in [0.717, 1.165) is 0 Å². The van der Waals surface area contributed by atoms with Gasteiger partial charge in [-0.1, -0.05) is 27.5 Å². The first-order valence-electron chi connectivity index (χ1n) is 9.45. The van der Waals surface area contributed by atoms with Gasteiger partial charge in [-0.15, -0.1) is 0 Å². The second-order valence-electron chi connectivity index (χ2n) is 6.87. The van der Waals surface area contributed by atoms with Crippen molar-refractivity contribution in [1.29, 1.82) is 0 Å². The zero-order chi connectivity index (χ0) is 22.6. The van der Waals surface area contributed by atoms with E-state index in [4.69, 9.17) is 35.3 Å².